The molecule has 0 N–H and O–H groups in total. The Labute approximate surface area is 176 Å². The lowest BCUT2D eigenvalue weighted by Gasteiger charge is -2.22. The first-order chi connectivity index (χ1) is 14.6. The molecule has 0 radical (unpaired) electrons. The molecular weight excluding hydrogens is 378 g/mol. The molecule has 7 heteroatoms. The maximum atomic E-state index is 12.7. The van der Waals surface area contributed by atoms with Crippen molar-refractivity contribution in [1.29, 1.82) is 0 Å². The van der Waals surface area contributed by atoms with E-state index in [1.807, 2.05) is 39.9 Å². The average molecular weight is 406 g/mol. The van der Waals surface area contributed by atoms with Gasteiger partial charge in [0, 0.05) is 26.1 Å². The number of aromatic nitrogens is 3. The molecule has 0 bridgehead atoms. The fourth-order valence-electron chi connectivity index (χ4n) is 3.81. The van der Waals surface area contributed by atoms with Crippen LogP contribution in [0, 0.1) is 0 Å². The van der Waals surface area contributed by atoms with E-state index in [1.165, 1.54) is 5.56 Å². The van der Waals surface area contributed by atoms with Gasteiger partial charge in [0.05, 0.1) is 25.9 Å². The van der Waals surface area contributed by atoms with Crippen molar-refractivity contribution in [2.45, 2.75) is 39.1 Å². The highest BCUT2D eigenvalue weighted by Crippen LogP contribution is 2.21. The Bertz CT molecular complexity index is 1000. The zero-order chi connectivity index (χ0) is 20.9. The van der Waals surface area contributed by atoms with Crippen molar-refractivity contribution < 1.29 is 9.53 Å². The van der Waals surface area contributed by atoms with Gasteiger partial charge in [0.2, 0.25) is 5.91 Å². The fraction of sp³-hybridized carbons (Fsp3) is 0.348. The summed E-state index contributed by atoms with van der Waals surface area (Å²) in [4.78, 5) is 16.8. The Morgan fingerprint density at radius 3 is 2.67 bits per heavy atom. The van der Waals surface area contributed by atoms with Crippen LogP contribution in [0.3, 0.4) is 0 Å². The number of nitrogens with zero attached hydrogens (tertiary/aromatic N) is 5. The molecule has 1 amide bonds. The summed E-state index contributed by atoms with van der Waals surface area (Å²) in [6.45, 7) is 3.14. The van der Waals surface area contributed by atoms with Crippen LogP contribution < -0.4 is 4.74 Å². The summed E-state index contributed by atoms with van der Waals surface area (Å²) in [7, 11) is 3.73. The van der Waals surface area contributed by atoms with Gasteiger partial charge >= 0.3 is 0 Å². The third-order valence-corrected chi connectivity index (χ3v) is 5.37. The maximum absolute atomic E-state index is 12.7. The molecule has 4 rings (SSSR count). The molecule has 2 aromatic carbocycles. The predicted octanol–water partition coefficient (Wildman–Crippen LogP) is 2.85. The highest BCUT2D eigenvalue weighted by molar-refractivity contribution is 5.76. The number of amides is 1. The van der Waals surface area contributed by atoms with Crippen LogP contribution in [0.25, 0.3) is 0 Å². The molecule has 1 aliphatic heterocycles. The largest absolute Gasteiger partial charge is 0.497 e. The van der Waals surface area contributed by atoms with Gasteiger partial charge in [-0.3, -0.25) is 9.69 Å². The summed E-state index contributed by atoms with van der Waals surface area (Å²) in [6.07, 6.45) is 0.430. The molecule has 156 valence electrons. The molecule has 2 heterocycles. The van der Waals surface area contributed by atoms with E-state index >= 15 is 0 Å². The lowest BCUT2D eigenvalue weighted by Crippen LogP contribution is -2.29. The number of rotatable bonds is 7. The predicted molar refractivity (Wildman–Crippen MR) is 114 cm³/mol. The molecule has 0 spiro atoms. The van der Waals surface area contributed by atoms with Gasteiger partial charge in [0.25, 0.3) is 0 Å². The van der Waals surface area contributed by atoms with Crippen molar-refractivity contribution in [1.82, 2.24) is 24.8 Å². The van der Waals surface area contributed by atoms with Gasteiger partial charge in [-0.1, -0.05) is 47.7 Å². The summed E-state index contributed by atoms with van der Waals surface area (Å²) in [6, 6.07) is 18.2. The zero-order valence-electron chi connectivity index (χ0n) is 17.5. The van der Waals surface area contributed by atoms with Crippen LogP contribution in [-0.4, -0.2) is 44.9 Å². The van der Waals surface area contributed by atoms with Crippen LogP contribution in [-0.2, 0) is 37.5 Å². The number of hydrogen-bond donors (Lipinski definition) is 0. The minimum atomic E-state index is 0.131. The number of hydrogen-bond acceptors (Lipinski definition) is 5. The quantitative estimate of drug-likeness (QED) is 0.605. The lowest BCUT2D eigenvalue weighted by atomic mass is 10.2. The van der Waals surface area contributed by atoms with E-state index < -0.39 is 0 Å². The molecule has 1 aliphatic rings. The topological polar surface area (TPSA) is 63.5 Å². The van der Waals surface area contributed by atoms with Gasteiger partial charge in [-0.25, -0.2) is 4.68 Å². The molecule has 3 aromatic rings. The molecule has 0 aliphatic carbocycles. The monoisotopic (exact) mass is 405 g/mol. The highest BCUT2D eigenvalue weighted by atomic mass is 16.5. The molecule has 0 atom stereocenters. The third kappa shape index (κ3) is 4.68. The molecule has 1 aromatic heterocycles. The smallest absolute Gasteiger partial charge is 0.225 e. The van der Waals surface area contributed by atoms with Gasteiger partial charge in [0.15, 0.2) is 0 Å². The van der Waals surface area contributed by atoms with Crippen LogP contribution in [0.5, 0.6) is 5.75 Å². The second kappa shape index (κ2) is 9.09. The van der Waals surface area contributed by atoms with Gasteiger partial charge < -0.3 is 9.64 Å². The highest BCUT2D eigenvalue weighted by Gasteiger charge is 2.25. The van der Waals surface area contributed by atoms with Crippen molar-refractivity contribution in [3.63, 3.8) is 0 Å². The van der Waals surface area contributed by atoms with Crippen molar-refractivity contribution in [2.24, 2.45) is 0 Å². The fourth-order valence-corrected chi connectivity index (χ4v) is 3.81. The average Bonchev–Trinajstić information content (AvgIpc) is 3.05. The summed E-state index contributed by atoms with van der Waals surface area (Å²) in [5, 5.41) is 8.75. The summed E-state index contributed by atoms with van der Waals surface area (Å²) in [5.41, 5.74) is 4.25. The third-order valence-electron chi connectivity index (χ3n) is 5.37. The summed E-state index contributed by atoms with van der Waals surface area (Å²) in [5.74, 6) is 0.927. The Morgan fingerprint density at radius 2 is 1.87 bits per heavy atom. The van der Waals surface area contributed by atoms with E-state index in [-0.39, 0.29) is 5.91 Å². The van der Waals surface area contributed by atoms with Gasteiger partial charge in [0.1, 0.15) is 11.4 Å². The van der Waals surface area contributed by atoms with E-state index in [0.29, 0.717) is 32.6 Å². The first-order valence-corrected chi connectivity index (χ1v) is 10.2. The van der Waals surface area contributed by atoms with E-state index in [2.05, 4.69) is 46.5 Å². The Balaban J connectivity index is 1.49. The van der Waals surface area contributed by atoms with Crippen molar-refractivity contribution in [3.8, 4) is 5.75 Å². The maximum Gasteiger partial charge on any atom is 0.225 e. The van der Waals surface area contributed by atoms with Crippen molar-refractivity contribution in [3.05, 3.63) is 77.1 Å². The Hall–Kier alpha value is -3.19. The number of carbonyl (C=O) groups excluding carboxylic acids is 1. The number of carbonyl (C=O) groups is 1. The standard InChI is InChI=1S/C23H27N5O2/c1-26(14-18-7-4-3-5-8-18)16-21-22-17-27(23(29)11-12-28(22)25-24-21)15-19-9-6-10-20(13-19)30-2/h3-10,13H,11-12,14-17H2,1-2H3. The van der Waals surface area contributed by atoms with E-state index in [1.54, 1.807) is 7.11 Å². The van der Waals surface area contributed by atoms with Gasteiger partial charge in [-0.2, -0.15) is 0 Å². The van der Waals surface area contributed by atoms with Crippen LogP contribution in [0.15, 0.2) is 54.6 Å². The molecule has 0 unspecified atom stereocenters. The molecule has 0 saturated heterocycles. The Morgan fingerprint density at radius 1 is 1.07 bits per heavy atom. The van der Waals surface area contributed by atoms with E-state index in [9.17, 15) is 4.79 Å². The first kappa shape index (κ1) is 20.1. The summed E-state index contributed by atoms with van der Waals surface area (Å²) < 4.78 is 7.20. The molecule has 0 saturated carbocycles. The minimum absolute atomic E-state index is 0.131. The molecule has 30 heavy (non-hydrogen) atoms. The van der Waals surface area contributed by atoms with Crippen LogP contribution in [0.1, 0.15) is 28.9 Å². The molecular formula is C23H27N5O2. The SMILES string of the molecule is COc1cccc(CN2Cc3c(CN(C)Cc4ccccc4)nnn3CCC2=O)c1. The number of fused-ring (bicyclic) bond motifs is 1. The molecule has 7 nitrogen and oxygen atoms in total. The van der Waals surface area contributed by atoms with E-state index in [0.717, 1.165) is 29.2 Å². The van der Waals surface area contributed by atoms with Crippen molar-refractivity contribution >= 4 is 5.91 Å². The first-order valence-electron chi connectivity index (χ1n) is 10.2. The Kier molecular flexibility index (Phi) is 6.09. The van der Waals surface area contributed by atoms with Crippen molar-refractivity contribution in [2.75, 3.05) is 14.2 Å². The van der Waals surface area contributed by atoms with Gasteiger partial charge in [-0.05, 0) is 30.3 Å². The molecule has 0 fully saturated rings. The van der Waals surface area contributed by atoms with E-state index in [4.69, 9.17) is 4.74 Å². The normalized spacial score (nSPS) is 14.0. The number of methoxy groups -OCH3 is 1. The van der Waals surface area contributed by atoms with Crippen LogP contribution >= 0.6 is 0 Å². The number of aryl methyl sites for hydroxylation is 1. The second-order valence-corrected chi connectivity index (χ2v) is 7.72. The zero-order valence-corrected chi connectivity index (χ0v) is 17.5. The number of benzene rings is 2. The minimum Gasteiger partial charge on any atom is -0.497 e. The van der Waals surface area contributed by atoms with Crippen LogP contribution in [0.4, 0.5) is 0 Å². The van der Waals surface area contributed by atoms with Gasteiger partial charge in [-0.15, -0.1) is 5.10 Å². The number of ether oxygens (including phenoxy) is 1. The summed E-state index contributed by atoms with van der Waals surface area (Å²) >= 11 is 0. The lowest BCUT2D eigenvalue weighted by molar-refractivity contribution is -0.132. The van der Waals surface area contributed by atoms with Crippen LogP contribution in [0.2, 0.25) is 0 Å². The second-order valence-electron chi connectivity index (χ2n) is 7.72.